The van der Waals surface area contributed by atoms with E-state index in [0.717, 1.165) is 14.2 Å². The lowest BCUT2D eigenvalue weighted by Crippen LogP contribution is -2.57. The molecular formula is C13H17NO6. The molecule has 0 amide bonds. The van der Waals surface area contributed by atoms with Gasteiger partial charge in [-0.1, -0.05) is 0 Å². The monoisotopic (exact) mass is 283 g/mol. The summed E-state index contributed by atoms with van der Waals surface area (Å²) in [5.41, 5.74) is -1.56. The fourth-order valence-electron chi connectivity index (χ4n) is 2.93. The standard InChI is InChI=1S/C13H17NO6/c1-14-7-5-4-6-8(15)9(7)10(11(16)19-2)13(14,18)12(17)20-3/h10,18H,4-6H2,1-3H3. The SMILES string of the molecule is COC(=O)C1C2=C(CCCC2=O)N(C)C1(O)C(=O)OC. The van der Waals surface area contributed by atoms with E-state index < -0.39 is 23.6 Å². The van der Waals surface area contributed by atoms with Gasteiger partial charge in [0.2, 0.25) is 0 Å². The Hall–Kier alpha value is -1.89. The third kappa shape index (κ3) is 1.73. The lowest BCUT2D eigenvalue weighted by atomic mass is 9.84. The third-order valence-electron chi connectivity index (χ3n) is 3.96. The number of ether oxygens (including phenoxy) is 2. The van der Waals surface area contributed by atoms with Gasteiger partial charge in [0.25, 0.3) is 5.72 Å². The van der Waals surface area contributed by atoms with E-state index in [2.05, 4.69) is 9.47 Å². The number of allylic oxidation sites excluding steroid dienone is 1. The predicted molar refractivity (Wildman–Crippen MR) is 66.1 cm³/mol. The molecule has 7 nitrogen and oxygen atoms in total. The maximum absolute atomic E-state index is 12.1. The first kappa shape index (κ1) is 14.5. The lowest BCUT2D eigenvalue weighted by Gasteiger charge is -2.34. The molecule has 0 aromatic rings. The summed E-state index contributed by atoms with van der Waals surface area (Å²) in [5, 5.41) is 10.7. The molecule has 1 aliphatic heterocycles. The Kier molecular flexibility index (Phi) is 3.56. The van der Waals surface area contributed by atoms with Crippen molar-refractivity contribution in [1.29, 1.82) is 0 Å². The van der Waals surface area contributed by atoms with E-state index in [0.29, 0.717) is 18.5 Å². The van der Waals surface area contributed by atoms with Crippen molar-refractivity contribution in [3.63, 3.8) is 0 Å². The van der Waals surface area contributed by atoms with Crippen molar-refractivity contribution in [2.75, 3.05) is 21.3 Å². The topological polar surface area (TPSA) is 93.1 Å². The number of hydrogen-bond donors (Lipinski definition) is 1. The maximum Gasteiger partial charge on any atom is 0.360 e. The fraction of sp³-hybridized carbons (Fsp3) is 0.615. The van der Waals surface area contributed by atoms with Crippen molar-refractivity contribution < 1.29 is 29.0 Å². The molecule has 2 unspecified atom stereocenters. The molecule has 1 heterocycles. The van der Waals surface area contributed by atoms with Crippen LogP contribution in [0.5, 0.6) is 0 Å². The van der Waals surface area contributed by atoms with E-state index in [-0.39, 0.29) is 17.8 Å². The minimum absolute atomic E-state index is 0.165. The molecule has 0 radical (unpaired) electrons. The van der Waals surface area contributed by atoms with Crippen molar-refractivity contribution in [3.8, 4) is 0 Å². The summed E-state index contributed by atoms with van der Waals surface area (Å²) in [7, 11) is 3.72. The normalized spacial score (nSPS) is 29.3. The van der Waals surface area contributed by atoms with Gasteiger partial charge in [0.15, 0.2) is 5.78 Å². The molecule has 0 saturated heterocycles. The van der Waals surface area contributed by atoms with Crippen LogP contribution in [0.25, 0.3) is 0 Å². The first-order chi connectivity index (χ1) is 9.39. The van der Waals surface area contributed by atoms with Crippen LogP contribution in [-0.2, 0) is 23.9 Å². The number of ketones is 1. The number of carbonyl (C=O) groups excluding carboxylic acids is 3. The molecule has 0 spiro atoms. The van der Waals surface area contributed by atoms with Crippen LogP contribution in [0.3, 0.4) is 0 Å². The third-order valence-corrected chi connectivity index (χ3v) is 3.96. The maximum atomic E-state index is 12.1. The van der Waals surface area contributed by atoms with Gasteiger partial charge in [0.05, 0.1) is 14.2 Å². The van der Waals surface area contributed by atoms with Crippen molar-refractivity contribution >= 4 is 17.7 Å². The summed E-state index contributed by atoms with van der Waals surface area (Å²) in [6.45, 7) is 0. The van der Waals surface area contributed by atoms with Gasteiger partial charge >= 0.3 is 11.9 Å². The van der Waals surface area contributed by atoms with Gasteiger partial charge in [-0.2, -0.15) is 0 Å². The molecule has 2 rings (SSSR count). The Morgan fingerprint density at radius 3 is 2.50 bits per heavy atom. The fourth-order valence-corrected chi connectivity index (χ4v) is 2.93. The highest BCUT2D eigenvalue weighted by atomic mass is 16.6. The second kappa shape index (κ2) is 4.90. The molecule has 2 atom stereocenters. The highest BCUT2D eigenvalue weighted by Gasteiger charge is 2.62. The molecule has 20 heavy (non-hydrogen) atoms. The van der Waals surface area contributed by atoms with Gasteiger partial charge in [-0.15, -0.1) is 0 Å². The molecule has 1 aliphatic carbocycles. The van der Waals surface area contributed by atoms with Crippen LogP contribution in [0.1, 0.15) is 19.3 Å². The summed E-state index contributed by atoms with van der Waals surface area (Å²) < 4.78 is 9.25. The molecule has 0 saturated carbocycles. The Balaban J connectivity index is 2.59. The van der Waals surface area contributed by atoms with E-state index >= 15 is 0 Å². The molecule has 0 fully saturated rings. The summed E-state index contributed by atoms with van der Waals surface area (Å²) in [5.74, 6) is -3.43. The second-order valence-electron chi connectivity index (χ2n) is 4.87. The molecular weight excluding hydrogens is 266 g/mol. The van der Waals surface area contributed by atoms with Gasteiger partial charge < -0.3 is 19.5 Å². The van der Waals surface area contributed by atoms with Gasteiger partial charge in [-0.25, -0.2) is 4.79 Å². The average molecular weight is 283 g/mol. The van der Waals surface area contributed by atoms with Crippen LogP contribution in [0.15, 0.2) is 11.3 Å². The zero-order valence-corrected chi connectivity index (χ0v) is 11.6. The van der Waals surface area contributed by atoms with E-state index in [1.165, 1.54) is 11.9 Å². The Morgan fingerprint density at radius 1 is 1.30 bits per heavy atom. The first-order valence-corrected chi connectivity index (χ1v) is 6.28. The molecule has 0 aromatic heterocycles. The smallest absolute Gasteiger partial charge is 0.360 e. The number of nitrogens with zero attached hydrogens (tertiary/aromatic N) is 1. The van der Waals surface area contributed by atoms with Crippen LogP contribution in [0, 0.1) is 5.92 Å². The highest BCUT2D eigenvalue weighted by Crippen LogP contribution is 2.45. The van der Waals surface area contributed by atoms with Crippen LogP contribution < -0.4 is 0 Å². The first-order valence-electron chi connectivity index (χ1n) is 6.28. The second-order valence-corrected chi connectivity index (χ2v) is 4.87. The molecule has 1 N–H and O–H groups in total. The molecule has 2 aliphatic rings. The van der Waals surface area contributed by atoms with E-state index in [4.69, 9.17) is 0 Å². The summed E-state index contributed by atoms with van der Waals surface area (Å²) in [6.07, 6.45) is 1.43. The van der Waals surface area contributed by atoms with Crippen molar-refractivity contribution in [1.82, 2.24) is 4.90 Å². The number of carbonyl (C=O) groups is 3. The zero-order valence-electron chi connectivity index (χ0n) is 11.6. The van der Waals surface area contributed by atoms with Gasteiger partial charge in [0, 0.05) is 24.7 Å². The lowest BCUT2D eigenvalue weighted by molar-refractivity contribution is -0.191. The number of rotatable bonds is 2. The Labute approximate surface area is 116 Å². The zero-order chi connectivity index (χ0) is 15.1. The minimum atomic E-state index is -2.23. The number of hydrogen-bond acceptors (Lipinski definition) is 7. The van der Waals surface area contributed by atoms with Gasteiger partial charge in [0.1, 0.15) is 5.92 Å². The number of esters is 2. The van der Waals surface area contributed by atoms with Crippen LogP contribution in [0.2, 0.25) is 0 Å². The number of Topliss-reactive ketones (excluding diaryl/α,β-unsaturated/α-hetero) is 1. The van der Waals surface area contributed by atoms with E-state index in [1.54, 1.807) is 0 Å². The molecule has 110 valence electrons. The van der Waals surface area contributed by atoms with Crippen LogP contribution >= 0.6 is 0 Å². The summed E-state index contributed by atoms with van der Waals surface area (Å²) in [6, 6.07) is 0. The highest BCUT2D eigenvalue weighted by molar-refractivity contribution is 6.06. The number of methoxy groups -OCH3 is 2. The average Bonchev–Trinajstić information content (AvgIpc) is 2.69. The molecule has 0 bridgehead atoms. The van der Waals surface area contributed by atoms with Crippen molar-refractivity contribution in [2.45, 2.75) is 25.0 Å². The minimum Gasteiger partial charge on any atom is -0.468 e. The predicted octanol–water partition coefficient (Wildman–Crippen LogP) is -0.410. The largest absolute Gasteiger partial charge is 0.468 e. The van der Waals surface area contributed by atoms with Crippen LogP contribution in [0.4, 0.5) is 0 Å². The van der Waals surface area contributed by atoms with E-state index in [9.17, 15) is 19.5 Å². The molecule has 7 heteroatoms. The number of aliphatic hydroxyl groups is 1. The number of likely N-dealkylation sites (N-methyl/N-ethyl adjacent to an activating group) is 1. The Morgan fingerprint density at radius 2 is 1.95 bits per heavy atom. The quantitative estimate of drug-likeness (QED) is 0.688. The Bertz CT molecular complexity index is 511. The summed E-state index contributed by atoms with van der Waals surface area (Å²) in [4.78, 5) is 37.3. The van der Waals surface area contributed by atoms with Crippen molar-refractivity contribution in [3.05, 3.63) is 11.3 Å². The van der Waals surface area contributed by atoms with Crippen molar-refractivity contribution in [2.24, 2.45) is 5.92 Å². The van der Waals surface area contributed by atoms with Gasteiger partial charge in [-0.3, -0.25) is 9.59 Å². The molecule has 0 aromatic carbocycles. The summed E-state index contributed by atoms with van der Waals surface area (Å²) >= 11 is 0. The van der Waals surface area contributed by atoms with Crippen LogP contribution in [-0.4, -0.2) is 54.7 Å². The van der Waals surface area contributed by atoms with E-state index in [1.807, 2.05) is 0 Å². The van der Waals surface area contributed by atoms with Gasteiger partial charge in [-0.05, 0) is 12.8 Å².